The van der Waals surface area contributed by atoms with Crippen molar-refractivity contribution in [2.24, 2.45) is 10.2 Å². The van der Waals surface area contributed by atoms with Crippen LogP contribution in [-0.2, 0) is 0 Å². The topological polar surface area (TPSA) is 82.7 Å². The molecule has 6 nitrogen and oxygen atoms in total. The molecule has 3 aromatic rings. The van der Waals surface area contributed by atoms with Gasteiger partial charge in [0.2, 0.25) is 11.6 Å². The Bertz CT molecular complexity index is 861. The van der Waals surface area contributed by atoms with Crippen molar-refractivity contribution < 1.29 is 5.11 Å². The predicted molar refractivity (Wildman–Crippen MR) is 83.4 cm³/mol. The third kappa shape index (κ3) is 2.67. The molecule has 0 aliphatic carbocycles. The molecule has 110 valence electrons. The van der Waals surface area contributed by atoms with Crippen molar-refractivity contribution >= 4 is 11.4 Å². The van der Waals surface area contributed by atoms with Gasteiger partial charge in [0, 0.05) is 0 Å². The van der Waals surface area contributed by atoms with Crippen LogP contribution < -0.4 is 5.56 Å². The van der Waals surface area contributed by atoms with E-state index in [0.717, 1.165) is 5.56 Å². The lowest BCUT2D eigenvalue weighted by Gasteiger charge is -2.02. The first-order valence-corrected chi connectivity index (χ1v) is 6.73. The zero-order chi connectivity index (χ0) is 15.5. The lowest BCUT2D eigenvalue weighted by molar-refractivity contribution is 0.434. The minimum atomic E-state index is -0.503. The molecule has 3 rings (SSSR count). The second-order valence-corrected chi connectivity index (χ2v) is 4.82. The van der Waals surface area contributed by atoms with Crippen LogP contribution in [0.2, 0.25) is 0 Å². The highest BCUT2D eigenvalue weighted by Crippen LogP contribution is 2.26. The number of aromatic nitrogens is 2. The highest BCUT2D eigenvalue weighted by atomic mass is 16.3. The van der Waals surface area contributed by atoms with E-state index in [9.17, 15) is 9.90 Å². The number of hydrogen-bond donors (Lipinski definition) is 2. The van der Waals surface area contributed by atoms with Gasteiger partial charge in [-0.2, -0.15) is 5.11 Å². The van der Waals surface area contributed by atoms with Gasteiger partial charge >= 0.3 is 0 Å². The summed E-state index contributed by atoms with van der Waals surface area (Å²) < 4.78 is 1.27. The van der Waals surface area contributed by atoms with E-state index in [1.807, 2.05) is 25.1 Å². The number of nitrogens with one attached hydrogen (secondary N) is 1. The van der Waals surface area contributed by atoms with Gasteiger partial charge in [0.1, 0.15) is 0 Å². The first-order valence-electron chi connectivity index (χ1n) is 6.73. The molecule has 22 heavy (non-hydrogen) atoms. The normalized spacial score (nSPS) is 11.1. The zero-order valence-electron chi connectivity index (χ0n) is 11.9. The fraction of sp³-hybridized carbons (Fsp3) is 0.0625. The number of para-hydroxylation sites is 1. The van der Waals surface area contributed by atoms with E-state index in [-0.39, 0.29) is 11.6 Å². The van der Waals surface area contributed by atoms with E-state index in [1.54, 1.807) is 36.4 Å². The number of aromatic hydroxyl groups is 1. The summed E-state index contributed by atoms with van der Waals surface area (Å²) in [5.74, 6) is -0.271. The number of benzene rings is 2. The second-order valence-electron chi connectivity index (χ2n) is 4.82. The first kappa shape index (κ1) is 13.8. The summed E-state index contributed by atoms with van der Waals surface area (Å²) in [4.78, 5) is 11.9. The molecule has 2 N–H and O–H groups in total. The average molecular weight is 294 g/mol. The van der Waals surface area contributed by atoms with Crippen molar-refractivity contribution in [3.63, 3.8) is 0 Å². The van der Waals surface area contributed by atoms with Gasteiger partial charge in [-0.3, -0.25) is 9.89 Å². The van der Waals surface area contributed by atoms with E-state index >= 15 is 0 Å². The molecule has 0 atom stereocenters. The third-order valence-electron chi connectivity index (χ3n) is 3.17. The van der Waals surface area contributed by atoms with Crippen molar-refractivity contribution in [1.29, 1.82) is 0 Å². The molecule has 0 unspecified atom stereocenters. The number of rotatable bonds is 3. The molecule has 2 aromatic carbocycles. The summed E-state index contributed by atoms with van der Waals surface area (Å²) in [6.45, 7) is 1.97. The molecule has 6 heteroatoms. The van der Waals surface area contributed by atoms with Gasteiger partial charge in [-0.1, -0.05) is 35.9 Å². The Morgan fingerprint density at radius 1 is 1.00 bits per heavy atom. The lowest BCUT2D eigenvalue weighted by atomic mass is 10.2. The molecule has 0 radical (unpaired) electrons. The minimum absolute atomic E-state index is 0.121. The second kappa shape index (κ2) is 5.69. The van der Waals surface area contributed by atoms with Gasteiger partial charge in [0.25, 0.3) is 5.56 Å². The van der Waals surface area contributed by atoms with Crippen molar-refractivity contribution in [3.05, 3.63) is 70.5 Å². The third-order valence-corrected chi connectivity index (χ3v) is 3.17. The zero-order valence-corrected chi connectivity index (χ0v) is 11.9. The van der Waals surface area contributed by atoms with Crippen LogP contribution in [0.1, 0.15) is 5.56 Å². The van der Waals surface area contributed by atoms with Gasteiger partial charge in [-0.25, -0.2) is 4.68 Å². The molecule has 1 heterocycles. The first-order chi connectivity index (χ1) is 10.6. The summed E-state index contributed by atoms with van der Waals surface area (Å²) in [5.41, 5.74) is 1.72. The Morgan fingerprint density at radius 2 is 1.68 bits per heavy atom. The fourth-order valence-electron chi connectivity index (χ4n) is 1.99. The summed E-state index contributed by atoms with van der Waals surface area (Å²) in [6.07, 6.45) is 0. The molecule has 0 saturated carbocycles. The maximum absolute atomic E-state index is 11.9. The van der Waals surface area contributed by atoms with Gasteiger partial charge in [0.05, 0.1) is 11.4 Å². The van der Waals surface area contributed by atoms with Gasteiger partial charge < -0.3 is 5.11 Å². The Morgan fingerprint density at radius 3 is 2.36 bits per heavy atom. The van der Waals surface area contributed by atoms with Gasteiger partial charge in [-0.15, -0.1) is 5.11 Å². The Kier molecular flexibility index (Phi) is 3.57. The van der Waals surface area contributed by atoms with Gasteiger partial charge in [0.15, 0.2) is 0 Å². The average Bonchev–Trinajstić information content (AvgIpc) is 2.82. The van der Waals surface area contributed by atoms with Crippen LogP contribution in [0.3, 0.4) is 0 Å². The number of aromatic amines is 1. The highest BCUT2D eigenvalue weighted by Gasteiger charge is 2.14. The largest absolute Gasteiger partial charge is 0.492 e. The molecule has 0 fully saturated rings. The quantitative estimate of drug-likeness (QED) is 0.723. The summed E-state index contributed by atoms with van der Waals surface area (Å²) in [6, 6.07) is 16.4. The molecule has 0 aliphatic heterocycles. The number of aryl methyl sites for hydroxylation is 1. The number of H-pyrrole nitrogens is 1. The monoisotopic (exact) mass is 294 g/mol. The van der Waals surface area contributed by atoms with E-state index in [2.05, 4.69) is 15.3 Å². The summed E-state index contributed by atoms with van der Waals surface area (Å²) >= 11 is 0. The standard InChI is InChI=1S/C16H14N4O2/c1-11-7-9-12(10-8-11)17-18-14-15(21)19-20(16(14)22)13-5-3-2-4-6-13/h2-10,22H,1H3,(H,19,21). The van der Waals surface area contributed by atoms with E-state index in [1.165, 1.54) is 4.68 Å². The molecule has 0 amide bonds. The molecule has 0 spiro atoms. The minimum Gasteiger partial charge on any atom is -0.492 e. The fourth-order valence-corrected chi connectivity index (χ4v) is 1.99. The van der Waals surface area contributed by atoms with Crippen molar-refractivity contribution in [3.8, 4) is 11.6 Å². The lowest BCUT2D eigenvalue weighted by Crippen LogP contribution is -2.03. The summed E-state index contributed by atoms with van der Waals surface area (Å²) in [7, 11) is 0. The predicted octanol–water partition coefficient (Wildman–Crippen LogP) is 3.60. The number of hydrogen-bond acceptors (Lipinski definition) is 4. The molecule has 0 saturated heterocycles. The van der Waals surface area contributed by atoms with E-state index in [0.29, 0.717) is 11.4 Å². The Hall–Kier alpha value is -3.15. The van der Waals surface area contributed by atoms with E-state index in [4.69, 9.17) is 0 Å². The molecule has 0 bridgehead atoms. The molecular formula is C16H14N4O2. The van der Waals surface area contributed by atoms with Crippen molar-refractivity contribution in [2.75, 3.05) is 0 Å². The summed E-state index contributed by atoms with van der Waals surface area (Å²) in [5, 5.41) is 20.5. The van der Waals surface area contributed by atoms with Crippen LogP contribution in [0.15, 0.2) is 69.6 Å². The maximum Gasteiger partial charge on any atom is 0.296 e. The van der Waals surface area contributed by atoms with Crippen molar-refractivity contribution in [1.82, 2.24) is 9.78 Å². The highest BCUT2D eigenvalue weighted by molar-refractivity contribution is 5.50. The van der Waals surface area contributed by atoms with Crippen LogP contribution in [0, 0.1) is 6.92 Å². The van der Waals surface area contributed by atoms with Crippen LogP contribution in [0.4, 0.5) is 11.4 Å². The number of azo groups is 1. The maximum atomic E-state index is 11.9. The Balaban J connectivity index is 1.97. The number of nitrogens with zero attached hydrogens (tertiary/aromatic N) is 3. The molecular weight excluding hydrogens is 280 g/mol. The van der Waals surface area contributed by atoms with Crippen molar-refractivity contribution in [2.45, 2.75) is 6.92 Å². The van der Waals surface area contributed by atoms with Crippen LogP contribution in [-0.4, -0.2) is 14.9 Å². The van der Waals surface area contributed by atoms with Crippen LogP contribution >= 0.6 is 0 Å². The molecule has 1 aromatic heterocycles. The molecule has 0 aliphatic rings. The smallest absolute Gasteiger partial charge is 0.296 e. The SMILES string of the molecule is Cc1ccc(N=Nc2c(O)n(-c3ccccc3)[nH]c2=O)cc1. The van der Waals surface area contributed by atoms with E-state index < -0.39 is 5.56 Å². The Labute approximate surface area is 126 Å². The van der Waals surface area contributed by atoms with Gasteiger partial charge in [-0.05, 0) is 31.2 Å². The van der Waals surface area contributed by atoms with Crippen LogP contribution in [0.25, 0.3) is 5.69 Å². The van der Waals surface area contributed by atoms with Crippen LogP contribution in [0.5, 0.6) is 5.88 Å².